The van der Waals surface area contributed by atoms with Crippen molar-refractivity contribution in [3.05, 3.63) is 23.4 Å². The number of nitriles is 1. The van der Waals surface area contributed by atoms with E-state index in [1.54, 1.807) is 18.0 Å². The molecule has 0 bridgehead atoms. The largest absolute Gasteiger partial charge is 0.366 e. The molecule has 0 aromatic carbocycles. The molecule has 112 valence electrons. The Hall–Kier alpha value is -2.13. The number of rotatable bonds is 4. The van der Waals surface area contributed by atoms with Crippen molar-refractivity contribution in [1.82, 2.24) is 9.88 Å². The van der Waals surface area contributed by atoms with Crippen molar-refractivity contribution in [3.63, 3.8) is 0 Å². The van der Waals surface area contributed by atoms with Crippen LogP contribution in [0, 0.1) is 11.3 Å². The molecule has 0 spiro atoms. The fraction of sp³-hybridized carbons (Fsp3) is 0.533. The van der Waals surface area contributed by atoms with Crippen LogP contribution in [0.3, 0.4) is 0 Å². The lowest BCUT2D eigenvalue weighted by Crippen LogP contribution is -2.46. The number of aromatic nitrogens is 1. The molecule has 0 saturated carbocycles. The molecule has 1 fully saturated rings. The van der Waals surface area contributed by atoms with Crippen LogP contribution in [0.4, 0.5) is 5.82 Å². The van der Waals surface area contributed by atoms with Gasteiger partial charge in [-0.3, -0.25) is 4.79 Å². The van der Waals surface area contributed by atoms with Crippen molar-refractivity contribution in [2.75, 3.05) is 32.1 Å². The number of carbonyl (C=O) groups is 1. The van der Waals surface area contributed by atoms with Crippen LogP contribution in [0.2, 0.25) is 0 Å². The quantitative estimate of drug-likeness (QED) is 0.904. The number of amides is 1. The first-order chi connectivity index (χ1) is 10.0. The van der Waals surface area contributed by atoms with Gasteiger partial charge in [0, 0.05) is 25.8 Å². The predicted octanol–water partition coefficient (Wildman–Crippen LogP) is 1.35. The number of carbonyl (C=O) groups excluding carboxylic acids is 1. The average molecular weight is 288 g/mol. The minimum atomic E-state index is -0.0938. The highest BCUT2D eigenvalue weighted by Gasteiger charge is 2.23. The van der Waals surface area contributed by atoms with Gasteiger partial charge in [-0.2, -0.15) is 5.26 Å². The Kier molecular flexibility index (Phi) is 4.76. The zero-order valence-electron chi connectivity index (χ0n) is 12.6. The molecular weight excluding hydrogens is 268 g/mol. The molecule has 2 rings (SSSR count). The predicted molar refractivity (Wildman–Crippen MR) is 78.9 cm³/mol. The molecule has 1 N–H and O–H groups in total. The third kappa shape index (κ3) is 3.70. The number of pyridine rings is 1. The summed E-state index contributed by atoms with van der Waals surface area (Å²) in [5, 5.41) is 12.3. The van der Waals surface area contributed by atoms with Crippen LogP contribution in [-0.2, 0) is 9.53 Å². The molecule has 6 heteroatoms. The first kappa shape index (κ1) is 15.3. The van der Waals surface area contributed by atoms with Gasteiger partial charge in [0.2, 0.25) is 5.91 Å². The third-order valence-electron chi connectivity index (χ3n) is 3.47. The maximum absolute atomic E-state index is 11.4. The van der Waals surface area contributed by atoms with Gasteiger partial charge in [0.15, 0.2) is 0 Å². The molecule has 2 heterocycles. The third-order valence-corrected chi connectivity index (χ3v) is 3.47. The van der Waals surface area contributed by atoms with Crippen LogP contribution in [0.1, 0.15) is 31.0 Å². The number of nitrogens with zero attached hydrogens (tertiary/aromatic N) is 3. The Morgan fingerprint density at radius 2 is 2.33 bits per heavy atom. The van der Waals surface area contributed by atoms with Crippen LogP contribution in [0.15, 0.2) is 12.1 Å². The van der Waals surface area contributed by atoms with Crippen molar-refractivity contribution >= 4 is 11.7 Å². The van der Waals surface area contributed by atoms with E-state index in [0.29, 0.717) is 30.4 Å². The van der Waals surface area contributed by atoms with E-state index in [0.717, 1.165) is 5.69 Å². The molecule has 1 aliphatic heterocycles. The summed E-state index contributed by atoms with van der Waals surface area (Å²) in [6, 6.07) is 5.79. The molecule has 0 aliphatic carbocycles. The lowest BCUT2D eigenvalue weighted by Gasteiger charge is -2.30. The second kappa shape index (κ2) is 6.55. The SMILES string of the molecule is CC(C)c1ccc(C#N)c(NC[C@H]2CN(C)C(=O)CO2)n1. The minimum Gasteiger partial charge on any atom is -0.366 e. The summed E-state index contributed by atoms with van der Waals surface area (Å²) >= 11 is 0. The fourth-order valence-electron chi connectivity index (χ4n) is 2.11. The van der Waals surface area contributed by atoms with E-state index in [9.17, 15) is 4.79 Å². The van der Waals surface area contributed by atoms with Gasteiger partial charge in [0.05, 0.1) is 11.7 Å². The van der Waals surface area contributed by atoms with Crippen LogP contribution in [-0.4, -0.2) is 48.6 Å². The van der Waals surface area contributed by atoms with Crippen LogP contribution in [0.5, 0.6) is 0 Å². The van der Waals surface area contributed by atoms with Crippen molar-refractivity contribution in [2.24, 2.45) is 0 Å². The summed E-state index contributed by atoms with van der Waals surface area (Å²) in [6.45, 7) is 5.28. The van der Waals surface area contributed by atoms with Crippen molar-refractivity contribution < 1.29 is 9.53 Å². The smallest absolute Gasteiger partial charge is 0.248 e. The normalized spacial score (nSPS) is 18.7. The maximum Gasteiger partial charge on any atom is 0.248 e. The summed E-state index contributed by atoms with van der Waals surface area (Å²) < 4.78 is 5.47. The minimum absolute atomic E-state index is 0.0103. The van der Waals surface area contributed by atoms with Crippen molar-refractivity contribution in [1.29, 1.82) is 5.26 Å². The Morgan fingerprint density at radius 3 is 2.95 bits per heavy atom. The Labute approximate surface area is 124 Å². The molecule has 21 heavy (non-hydrogen) atoms. The number of anilines is 1. The van der Waals surface area contributed by atoms with Gasteiger partial charge in [-0.25, -0.2) is 4.98 Å². The molecule has 6 nitrogen and oxygen atoms in total. The van der Waals surface area contributed by atoms with E-state index >= 15 is 0 Å². The molecule has 1 aromatic rings. The molecule has 1 atom stereocenters. The van der Waals surface area contributed by atoms with E-state index in [4.69, 9.17) is 10.00 Å². The first-order valence-corrected chi connectivity index (χ1v) is 7.01. The summed E-state index contributed by atoms with van der Waals surface area (Å²) in [4.78, 5) is 17.5. The Bertz CT molecular complexity index is 565. The Morgan fingerprint density at radius 1 is 1.57 bits per heavy atom. The number of hydrogen-bond acceptors (Lipinski definition) is 5. The lowest BCUT2D eigenvalue weighted by molar-refractivity contribution is -0.145. The zero-order chi connectivity index (χ0) is 15.4. The van der Waals surface area contributed by atoms with E-state index in [2.05, 4.69) is 30.2 Å². The first-order valence-electron chi connectivity index (χ1n) is 7.01. The van der Waals surface area contributed by atoms with Gasteiger partial charge >= 0.3 is 0 Å². The van der Waals surface area contributed by atoms with Crippen LogP contribution < -0.4 is 5.32 Å². The molecule has 1 amide bonds. The highest BCUT2D eigenvalue weighted by molar-refractivity contribution is 5.77. The molecule has 0 unspecified atom stereocenters. The second-order valence-corrected chi connectivity index (χ2v) is 5.49. The van der Waals surface area contributed by atoms with Crippen LogP contribution >= 0.6 is 0 Å². The number of ether oxygens (including phenoxy) is 1. The van der Waals surface area contributed by atoms with Gasteiger partial charge < -0.3 is 15.0 Å². The number of morpholine rings is 1. The Balaban J connectivity index is 2.04. The molecule has 1 saturated heterocycles. The highest BCUT2D eigenvalue weighted by Crippen LogP contribution is 2.18. The zero-order valence-corrected chi connectivity index (χ0v) is 12.6. The lowest BCUT2D eigenvalue weighted by atomic mass is 10.1. The van der Waals surface area contributed by atoms with Gasteiger partial charge in [-0.15, -0.1) is 0 Å². The van der Waals surface area contributed by atoms with Crippen molar-refractivity contribution in [2.45, 2.75) is 25.9 Å². The number of likely N-dealkylation sites (N-methyl/N-ethyl adjacent to an activating group) is 1. The van der Waals surface area contributed by atoms with E-state index in [1.165, 1.54) is 0 Å². The molecular formula is C15H20N4O2. The summed E-state index contributed by atoms with van der Waals surface area (Å²) in [7, 11) is 1.76. The average Bonchev–Trinajstić information content (AvgIpc) is 2.48. The van der Waals surface area contributed by atoms with Gasteiger partial charge in [-0.1, -0.05) is 13.8 Å². The summed E-state index contributed by atoms with van der Waals surface area (Å²) in [5.41, 5.74) is 1.45. The number of nitrogens with one attached hydrogen (secondary N) is 1. The van der Waals surface area contributed by atoms with Gasteiger partial charge in [-0.05, 0) is 18.1 Å². The van der Waals surface area contributed by atoms with Gasteiger partial charge in [0.1, 0.15) is 18.5 Å². The standard InChI is InChI=1S/C15H20N4O2/c1-10(2)13-5-4-11(6-16)15(18-13)17-7-12-8-19(3)14(20)9-21-12/h4-5,10,12H,7-9H2,1-3H3,(H,17,18)/t12-/m0/s1. The van der Waals surface area contributed by atoms with Crippen LogP contribution in [0.25, 0.3) is 0 Å². The monoisotopic (exact) mass is 288 g/mol. The highest BCUT2D eigenvalue weighted by atomic mass is 16.5. The number of hydrogen-bond donors (Lipinski definition) is 1. The van der Waals surface area contributed by atoms with E-state index < -0.39 is 0 Å². The molecule has 0 radical (unpaired) electrons. The maximum atomic E-state index is 11.4. The van der Waals surface area contributed by atoms with Gasteiger partial charge in [0.25, 0.3) is 0 Å². The summed E-state index contributed by atoms with van der Waals surface area (Å²) in [6.07, 6.45) is -0.0938. The fourth-order valence-corrected chi connectivity index (χ4v) is 2.11. The summed E-state index contributed by atoms with van der Waals surface area (Å²) in [5.74, 6) is 0.865. The molecule has 1 aromatic heterocycles. The van der Waals surface area contributed by atoms with E-state index in [1.807, 2.05) is 6.07 Å². The molecule has 1 aliphatic rings. The van der Waals surface area contributed by atoms with E-state index in [-0.39, 0.29) is 18.6 Å². The topological polar surface area (TPSA) is 78.2 Å². The second-order valence-electron chi connectivity index (χ2n) is 5.49. The van der Waals surface area contributed by atoms with Crippen molar-refractivity contribution in [3.8, 4) is 6.07 Å².